The quantitative estimate of drug-likeness (QED) is 0.0323. The van der Waals surface area contributed by atoms with Crippen molar-refractivity contribution in [2.45, 2.75) is 162 Å². The van der Waals surface area contributed by atoms with Gasteiger partial charge in [-0.05, 0) is 131 Å². The summed E-state index contributed by atoms with van der Waals surface area (Å²) in [5, 5.41) is 14.3. The van der Waals surface area contributed by atoms with Gasteiger partial charge >= 0.3 is 24.2 Å². The molecule has 2 aromatic carbocycles. The molecular weight excluding hydrogens is 925 g/mol. The van der Waals surface area contributed by atoms with Gasteiger partial charge in [0.15, 0.2) is 11.6 Å². The summed E-state index contributed by atoms with van der Waals surface area (Å²) in [6.07, 6.45) is -0.888. The van der Waals surface area contributed by atoms with Crippen molar-refractivity contribution >= 4 is 47.6 Å². The molecular formula is C54H82N6O12. The number of unbranched alkanes of at least 4 members (excludes halogenated alkanes) is 1. The molecule has 5 N–H and O–H groups in total. The highest BCUT2D eigenvalue weighted by molar-refractivity contribution is 6.13. The van der Waals surface area contributed by atoms with E-state index in [1.165, 1.54) is 12.0 Å². The number of Topliss-reactive ketones (excluding diaryl/α,β-unsaturated/α-hetero) is 2. The van der Waals surface area contributed by atoms with Crippen LogP contribution in [0, 0.1) is 17.8 Å². The number of methoxy groups -OCH3 is 1. The number of hydrogen-bond acceptors (Lipinski definition) is 13. The summed E-state index contributed by atoms with van der Waals surface area (Å²) in [5.74, 6) is -5.73. The van der Waals surface area contributed by atoms with Gasteiger partial charge in [-0.2, -0.15) is 0 Å². The largest absolute Gasteiger partial charge is 0.467 e. The fourth-order valence-electron chi connectivity index (χ4n) is 8.26. The molecule has 1 saturated heterocycles. The lowest BCUT2D eigenvalue weighted by Crippen LogP contribution is -2.63. The molecule has 1 aliphatic rings. The van der Waals surface area contributed by atoms with Gasteiger partial charge in [0.25, 0.3) is 0 Å². The average molecular weight is 1010 g/mol. The van der Waals surface area contributed by atoms with Crippen molar-refractivity contribution in [3.63, 3.8) is 0 Å². The number of nitrogens with one attached hydrogen (secondary N) is 5. The van der Waals surface area contributed by atoms with Crippen molar-refractivity contribution in [2.75, 3.05) is 39.8 Å². The van der Waals surface area contributed by atoms with Crippen LogP contribution in [0.15, 0.2) is 60.7 Å². The SMILES string of the molecule is COC(=O)C1(NC(=O)OC(C)(C)C)CCN(C(=O)C(CCCCNC(=O)OC(C)(C)C)NC(=O)C(CC(C)C)C(=O)C(Cc2ccccc2)C(=O)C(Cc2ccccc2)NCCNC(=O)OC(C)(C)C)CC1. The molecule has 0 aromatic heterocycles. The van der Waals surface area contributed by atoms with E-state index in [0.717, 1.165) is 5.56 Å². The maximum Gasteiger partial charge on any atom is 0.408 e. The number of nitrogens with zero attached hydrogens (tertiary/aromatic N) is 1. The van der Waals surface area contributed by atoms with Gasteiger partial charge in [0.05, 0.1) is 25.0 Å². The van der Waals surface area contributed by atoms with Gasteiger partial charge in [0.2, 0.25) is 11.8 Å². The molecule has 1 aliphatic heterocycles. The number of rotatable bonds is 24. The Morgan fingerprint density at radius 1 is 0.611 bits per heavy atom. The third kappa shape index (κ3) is 21.4. The standard InChI is InChI=1S/C54H82N6O12/c1-36(2)33-40(43(61)39(34-37-21-15-13-16-22-37)44(62)42(35-38-23-17-14-18-24-38)55-29-30-57-49(67)71-52(6,7)8)45(63)58-41(25-19-20-28-56-48(66)70-51(3,4)5)46(64)60-31-26-54(27-32-60,47(65)69-12)59-50(68)72-53(9,10)11/h13-18,21-24,36,39-42,55H,19-20,25-35H2,1-12H3,(H,56,66)(H,57,67)(H,58,63)(H,59,68). The van der Waals surface area contributed by atoms with Crippen LogP contribution >= 0.6 is 0 Å². The summed E-state index contributed by atoms with van der Waals surface area (Å²) in [4.78, 5) is 112. The molecule has 4 atom stereocenters. The van der Waals surface area contributed by atoms with E-state index in [0.29, 0.717) is 18.4 Å². The monoisotopic (exact) mass is 1010 g/mol. The van der Waals surface area contributed by atoms with Gasteiger partial charge in [-0.25, -0.2) is 19.2 Å². The van der Waals surface area contributed by atoms with Crippen LogP contribution in [0.3, 0.4) is 0 Å². The van der Waals surface area contributed by atoms with E-state index < -0.39 is 93.9 Å². The molecule has 1 heterocycles. The Kier molecular flexibility index (Phi) is 23.2. The molecule has 0 radical (unpaired) electrons. The highest BCUT2D eigenvalue weighted by Crippen LogP contribution is 2.28. The number of alkyl carbamates (subject to hydrolysis) is 3. The molecule has 0 spiro atoms. The lowest BCUT2D eigenvalue weighted by Gasteiger charge is -2.41. The first-order valence-electron chi connectivity index (χ1n) is 25.1. The topological polar surface area (TPSA) is 237 Å². The summed E-state index contributed by atoms with van der Waals surface area (Å²) >= 11 is 0. The Morgan fingerprint density at radius 2 is 1.11 bits per heavy atom. The minimum atomic E-state index is -1.49. The maximum atomic E-state index is 15.2. The van der Waals surface area contributed by atoms with Crippen molar-refractivity contribution in [1.29, 1.82) is 0 Å². The Bertz CT molecular complexity index is 2110. The zero-order valence-corrected chi connectivity index (χ0v) is 44.7. The van der Waals surface area contributed by atoms with E-state index in [1.54, 1.807) is 62.3 Å². The first-order valence-corrected chi connectivity index (χ1v) is 25.1. The molecule has 400 valence electrons. The van der Waals surface area contributed by atoms with Gasteiger partial charge in [-0.15, -0.1) is 0 Å². The lowest BCUT2D eigenvalue weighted by molar-refractivity contribution is -0.153. The molecule has 18 nitrogen and oxygen atoms in total. The second-order valence-electron chi connectivity index (χ2n) is 21.9. The molecule has 3 rings (SSSR count). The third-order valence-electron chi connectivity index (χ3n) is 11.6. The minimum Gasteiger partial charge on any atom is -0.467 e. The van der Waals surface area contributed by atoms with Crippen LogP contribution in [0.25, 0.3) is 0 Å². The van der Waals surface area contributed by atoms with Crippen LogP contribution in [-0.4, -0.2) is 127 Å². The summed E-state index contributed by atoms with van der Waals surface area (Å²) in [7, 11) is 1.21. The van der Waals surface area contributed by atoms with Gasteiger partial charge in [0.1, 0.15) is 28.4 Å². The Balaban J connectivity index is 1.98. The Hall–Kier alpha value is -6.04. The van der Waals surface area contributed by atoms with Crippen molar-refractivity contribution < 1.29 is 57.3 Å². The molecule has 1 fully saturated rings. The minimum absolute atomic E-state index is 0.00139. The number of likely N-dealkylation sites (tertiary alicyclic amines) is 1. The first kappa shape index (κ1) is 60.3. The van der Waals surface area contributed by atoms with Gasteiger partial charge < -0.3 is 50.4 Å². The fraction of sp³-hybridized carbons (Fsp3) is 0.630. The number of hydrogen-bond donors (Lipinski definition) is 5. The third-order valence-corrected chi connectivity index (χ3v) is 11.6. The number of ketones is 2. The summed E-state index contributed by atoms with van der Waals surface area (Å²) < 4.78 is 21.3. The summed E-state index contributed by atoms with van der Waals surface area (Å²) in [6.45, 7) is 19.8. The molecule has 18 heteroatoms. The first-order chi connectivity index (χ1) is 33.6. The molecule has 0 aliphatic carbocycles. The van der Waals surface area contributed by atoms with Crippen LogP contribution in [0.4, 0.5) is 14.4 Å². The number of piperidine rings is 1. The molecule has 0 bridgehead atoms. The molecule has 5 amide bonds. The number of ether oxygens (including phenoxy) is 4. The van der Waals surface area contributed by atoms with Gasteiger partial charge in [0, 0.05) is 32.7 Å². The highest BCUT2D eigenvalue weighted by Gasteiger charge is 2.47. The second kappa shape index (κ2) is 27.7. The van der Waals surface area contributed by atoms with Crippen molar-refractivity contribution in [3.8, 4) is 0 Å². The average Bonchev–Trinajstić information content (AvgIpc) is 3.28. The summed E-state index contributed by atoms with van der Waals surface area (Å²) in [6, 6.07) is 16.4. The van der Waals surface area contributed by atoms with E-state index >= 15 is 9.59 Å². The zero-order valence-electron chi connectivity index (χ0n) is 44.7. The van der Waals surface area contributed by atoms with Crippen molar-refractivity contribution in [2.24, 2.45) is 17.8 Å². The van der Waals surface area contributed by atoms with Crippen molar-refractivity contribution in [3.05, 3.63) is 71.8 Å². The lowest BCUT2D eigenvalue weighted by atomic mass is 9.78. The number of esters is 1. The smallest absolute Gasteiger partial charge is 0.408 e. The van der Waals surface area contributed by atoms with Crippen molar-refractivity contribution in [1.82, 2.24) is 31.5 Å². The van der Waals surface area contributed by atoms with Gasteiger partial charge in [-0.3, -0.25) is 19.2 Å². The van der Waals surface area contributed by atoms with Crippen LogP contribution < -0.4 is 26.6 Å². The maximum absolute atomic E-state index is 15.2. The number of benzene rings is 2. The predicted molar refractivity (Wildman–Crippen MR) is 273 cm³/mol. The molecule has 4 unspecified atom stereocenters. The predicted octanol–water partition coefficient (Wildman–Crippen LogP) is 6.61. The van der Waals surface area contributed by atoms with Crippen LogP contribution in [0.1, 0.15) is 126 Å². The normalized spacial score (nSPS) is 15.4. The molecule has 2 aromatic rings. The Labute approximate surface area is 426 Å². The number of carbonyl (C=O) groups excluding carboxylic acids is 8. The highest BCUT2D eigenvalue weighted by atomic mass is 16.6. The van der Waals surface area contributed by atoms with Crippen LogP contribution in [-0.2, 0) is 55.8 Å². The van der Waals surface area contributed by atoms with E-state index in [-0.39, 0.29) is 77.2 Å². The Morgan fingerprint density at radius 3 is 1.61 bits per heavy atom. The summed E-state index contributed by atoms with van der Waals surface area (Å²) in [5.41, 5.74) is -2.22. The fourth-order valence-corrected chi connectivity index (χ4v) is 8.26. The molecule has 72 heavy (non-hydrogen) atoms. The second-order valence-corrected chi connectivity index (χ2v) is 21.9. The van der Waals surface area contributed by atoms with E-state index in [1.807, 2.05) is 74.5 Å². The van der Waals surface area contributed by atoms with Crippen LogP contribution in [0.5, 0.6) is 0 Å². The molecule has 0 saturated carbocycles. The zero-order chi connectivity index (χ0) is 53.9. The van der Waals surface area contributed by atoms with E-state index in [4.69, 9.17) is 18.9 Å². The van der Waals surface area contributed by atoms with E-state index in [9.17, 15) is 28.8 Å². The number of carbonyl (C=O) groups is 8. The number of amides is 5. The van der Waals surface area contributed by atoms with E-state index in [2.05, 4.69) is 26.6 Å². The van der Waals surface area contributed by atoms with Gasteiger partial charge in [-0.1, -0.05) is 74.5 Å². The van der Waals surface area contributed by atoms with Crippen LogP contribution in [0.2, 0.25) is 0 Å².